The first-order chi connectivity index (χ1) is 12.2. The lowest BCUT2D eigenvalue weighted by atomic mass is 10.2. The lowest BCUT2D eigenvalue weighted by molar-refractivity contribution is 0.253. The Hall–Kier alpha value is -4.03. The topological polar surface area (TPSA) is 192 Å². The summed E-state index contributed by atoms with van der Waals surface area (Å²) in [6.45, 7) is 0. The number of carbonyl (C=O) groups is 3. The number of carbonyl (C=O) groups excluding carboxylic acids is 3. The zero-order valence-electron chi connectivity index (χ0n) is 13.4. The van der Waals surface area contributed by atoms with E-state index in [4.69, 9.17) is 0 Å². The summed E-state index contributed by atoms with van der Waals surface area (Å²) in [4.78, 5) is 80.1. The molecule has 0 radical (unpaired) electrons. The van der Waals surface area contributed by atoms with Gasteiger partial charge in [-0.05, 0) is 0 Å². The van der Waals surface area contributed by atoms with Crippen LogP contribution in [0.4, 0.5) is 37.1 Å². The molecule has 2 rings (SSSR count). The summed E-state index contributed by atoms with van der Waals surface area (Å²) >= 11 is 0. The Kier molecular flexibility index (Phi) is 4.82. The first-order valence-corrected chi connectivity index (χ1v) is 6.93. The number of urea groups is 3. The highest BCUT2D eigenvalue weighted by Gasteiger charge is 2.27. The van der Waals surface area contributed by atoms with Crippen LogP contribution in [0.1, 0.15) is 0 Å². The number of hydrogen-bond donors (Lipinski definition) is 6. The van der Waals surface area contributed by atoms with E-state index in [9.17, 15) is 33.6 Å². The second kappa shape index (κ2) is 6.84. The zero-order chi connectivity index (χ0) is 19.6. The molecule has 13 nitrogen and oxygen atoms in total. The van der Waals surface area contributed by atoms with Gasteiger partial charge in [-0.25, -0.2) is 14.4 Å². The van der Waals surface area contributed by atoms with Crippen molar-refractivity contribution in [3.63, 3.8) is 0 Å². The predicted octanol–water partition coefficient (Wildman–Crippen LogP) is -1.97. The average Bonchev–Trinajstić information content (AvgIpc) is 2.65. The Morgan fingerprint density at radius 1 is 0.500 bits per heavy atom. The van der Waals surface area contributed by atoms with Gasteiger partial charge >= 0.3 is 18.1 Å². The number of amides is 6. The third-order valence-electron chi connectivity index (χ3n) is 3.23. The van der Waals surface area contributed by atoms with Crippen molar-refractivity contribution < 1.29 is 14.4 Å². The van der Waals surface area contributed by atoms with E-state index < -0.39 is 62.6 Å². The fraction of sp³-hybridized carbons (Fsp3) is 0.154. The SMILES string of the molecule is CNC(=O)Nc1c(NC(=O)Nc2c(NC(=O)NC)c(=O)c2=O)c(=O)c1=O. The molecule has 26 heavy (non-hydrogen) atoms. The molecule has 6 amide bonds. The van der Waals surface area contributed by atoms with Crippen LogP contribution in [0.5, 0.6) is 0 Å². The van der Waals surface area contributed by atoms with Gasteiger partial charge in [0.25, 0.3) is 21.7 Å². The molecule has 2 aromatic carbocycles. The van der Waals surface area contributed by atoms with Gasteiger partial charge in [-0.3, -0.25) is 19.2 Å². The van der Waals surface area contributed by atoms with Gasteiger partial charge in [0.1, 0.15) is 22.7 Å². The zero-order valence-corrected chi connectivity index (χ0v) is 13.4. The number of nitrogens with one attached hydrogen (secondary N) is 6. The largest absolute Gasteiger partial charge is 0.341 e. The summed E-state index contributed by atoms with van der Waals surface area (Å²) < 4.78 is 0. The van der Waals surface area contributed by atoms with Gasteiger partial charge < -0.3 is 31.9 Å². The first-order valence-electron chi connectivity index (χ1n) is 6.93. The second-order valence-corrected chi connectivity index (χ2v) is 4.80. The lowest BCUT2D eigenvalue weighted by Gasteiger charge is -2.15. The quantitative estimate of drug-likeness (QED) is 0.339. The van der Waals surface area contributed by atoms with E-state index in [0.717, 1.165) is 0 Å². The molecular formula is C13H12N6O7. The summed E-state index contributed by atoms with van der Waals surface area (Å²) in [5, 5.41) is 12.4. The third-order valence-corrected chi connectivity index (χ3v) is 3.23. The van der Waals surface area contributed by atoms with Crippen LogP contribution in [0.2, 0.25) is 0 Å². The monoisotopic (exact) mass is 364 g/mol. The number of hydrogen-bond acceptors (Lipinski definition) is 7. The predicted molar refractivity (Wildman–Crippen MR) is 91.5 cm³/mol. The Morgan fingerprint density at radius 3 is 0.962 bits per heavy atom. The normalized spacial score (nSPS) is 10.2. The van der Waals surface area contributed by atoms with E-state index in [1.54, 1.807) is 0 Å². The molecular weight excluding hydrogens is 352 g/mol. The molecule has 0 bridgehead atoms. The maximum atomic E-state index is 11.9. The van der Waals surface area contributed by atoms with Crippen LogP contribution in [-0.4, -0.2) is 32.2 Å². The minimum atomic E-state index is -1.14. The minimum Gasteiger partial charge on any atom is -0.341 e. The third kappa shape index (κ3) is 3.12. The standard InChI is InChI=1S/C13H12N6O7/c1-14-11(24)16-3-5(9(22)7(3)20)18-13(26)19-6-4(8(21)10(6)23)17-12(25)15-2/h1-2H3,(H2,14,16,24)(H2,15,17,25)(H2,18,19,26). The van der Waals surface area contributed by atoms with E-state index in [0.29, 0.717) is 0 Å². The molecule has 0 aliphatic carbocycles. The van der Waals surface area contributed by atoms with Crippen LogP contribution in [-0.2, 0) is 0 Å². The molecule has 0 unspecified atom stereocenters. The molecule has 0 saturated carbocycles. The molecule has 13 heteroatoms. The maximum Gasteiger partial charge on any atom is 0.324 e. The highest BCUT2D eigenvalue weighted by Crippen LogP contribution is 2.17. The minimum absolute atomic E-state index is 0.432. The van der Waals surface area contributed by atoms with E-state index in [1.807, 2.05) is 10.6 Å². The van der Waals surface area contributed by atoms with Gasteiger partial charge in [0.15, 0.2) is 0 Å². The van der Waals surface area contributed by atoms with Gasteiger partial charge in [0.05, 0.1) is 0 Å². The van der Waals surface area contributed by atoms with Crippen molar-refractivity contribution >= 4 is 40.8 Å². The van der Waals surface area contributed by atoms with Crippen molar-refractivity contribution in [2.45, 2.75) is 0 Å². The smallest absolute Gasteiger partial charge is 0.324 e. The van der Waals surface area contributed by atoms with Crippen LogP contribution in [0.15, 0.2) is 19.2 Å². The second-order valence-electron chi connectivity index (χ2n) is 4.80. The van der Waals surface area contributed by atoms with Gasteiger partial charge in [0, 0.05) is 14.1 Å². The van der Waals surface area contributed by atoms with Gasteiger partial charge in [-0.1, -0.05) is 0 Å². The van der Waals surface area contributed by atoms with Gasteiger partial charge in [-0.2, -0.15) is 0 Å². The molecule has 0 aromatic heterocycles. The van der Waals surface area contributed by atoms with Crippen molar-refractivity contribution in [3.05, 3.63) is 40.9 Å². The van der Waals surface area contributed by atoms with E-state index in [1.165, 1.54) is 14.1 Å². The van der Waals surface area contributed by atoms with Crippen molar-refractivity contribution in [2.24, 2.45) is 0 Å². The van der Waals surface area contributed by atoms with Crippen LogP contribution in [0.3, 0.4) is 0 Å². The van der Waals surface area contributed by atoms with Crippen molar-refractivity contribution in [1.29, 1.82) is 0 Å². The number of anilines is 4. The van der Waals surface area contributed by atoms with Gasteiger partial charge in [0.2, 0.25) is 0 Å². The summed E-state index contributed by atoms with van der Waals surface area (Å²) in [5.74, 6) is 0. The Labute approximate surface area is 143 Å². The summed E-state index contributed by atoms with van der Waals surface area (Å²) in [6, 6.07) is -2.72. The van der Waals surface area contributed by atoms with Crippen LogP contribution in [0, 0.1) is 0 Å². The summed E-state index contributed by atoms with van der Waals surface area (Å²) in [5.41, 5.74) is -5.98. The Balaban J connectivity index is 2.14. The van der Waals surface area contributed by atoms with Crippen molar-refractivity contribution in [1.82, 2.24) is 10.6 Å². The average molecular weight is 364 g/mol. The molecule has 0 aliphatic heterocycles. The molecule has 0 fully saturated rings. The van der Waals surface area contributed by atoms with E-state index in [2.05, 4.69) is 21.3 Å². The molecule has 0 saturated heterocycles. The Morgan fingerprint density at radius 2 is 0.731 bits per heavy atom. The molecule has 0 heterocycles. The van der Waals surface area contributed by atoms with Crippen molar-refractivity contribution in [3.8, 4) is 0 Å². The van der Waals surface area contributed by atoms with Crippen molar-refractivity contribution in [2.75, 3.05) is 35.4 Å². The van der Waals surface area contributed by atoms with Gasteiger partial charge in [-0.15, -0.1) is 0 Å². The molecule has 0 atom stereocenters. The lowest BCUT2D eigenvalue weighted by Crippen LogP contribution is -2.44. The first kappa shape index (κ1) is 18.3. The molecule has 0 aliphatic rings. The van der Waals surface area contributed by atoms with E-state index in [-0.39, 0.29) is 0 Å². The fourth-order valence-corrected chi connectivity index (χ4v) is 1.87. The molecule has 6 N–H and O–H groups in total. The Bertz CT molecular complexity index is 972. The molecule has 136 valence electrons. The summed E-state index contributed by atoms with van der Waals surface area (Å²) in [6.07, 6.45) is 0. The fourth-order valence-electron chi connectivity index (χ4n) is 1.87. The van der Waals surface area contributed by atoms with Crippen LogP contribution in [0.25, 0.3) is 0 Å². The highest BCUT2D eigenvalue weighted by atomic mass is 16.2. The van der Waals surface area contributed by atoms with Crippen LogP contribution < -0.4 is 53.6 Å². The van der Waals surface area contributed by atoms with Crippen LogP contribution >= 0.6 is 0 Å². The molecule has 2 aromatic rings. The number of rotatable bonds is 4. The highest BCUT2D eigenvalue weighted by molar-refractivity contribution is 6.07. The summed E-state index contributed by atoms with van der Waals surface area (Å²) in [7, 11) is 2.54. The van der Waals surface area contributed by atoms with E-state index >= 15 is 0 Å². The maximum absolute atomic E-state index is 11.9. The molecule has 0 spiro atoms.